The molecule has 0 aromatic carbocycles. The highest BCUT2D eigenvalue weighted by molar-refractivity contribution is 5.81. The zero-order chi connectivity index (χ0) is 17.1. The average molecular weight is 331 g/mol. The van der Waals surface area contributed by atoms with E-state index in [1.807, 2.05) is 36.9 Å². The third-order valence-electron chi connectivity index (χ3n) is 4.65. The second kappa shape index (κ2) is 7.20. The van der Waals surface area contributed by atoms with Gasteiger partial charge in [-0.2, -0.15) is 0 Å². The number of nitrogens with zero attached hydrogens (tertiary/aromatic N) is 3. The lowest BCUT2D eigenvalue weighted by Gasteiger charge is -2.35. The Morgan fingerprint density at radius 2 is 2.17 bits per heavy atom. The summed E-state index contributed by atoms with van der Waals surface area (Å²) in [6, 6.07) is 5.77. The Balaban J connectivity index is 1.70. The van der Waals surface area contributed by atoms with E-state index in [1.165, 1.54) is 0 Å². The molecule has 6 nitrogen and oxygen atoms in total. The van der Waals surface area contributed by atoms with Gasteiger partial charge in [-0.05, 0) is 30.9 Å². The van der Waals surface area contributed by atoms with E-state index in [0.29, 0.717) is 32.2 Å². The number of piperidine rings is 1. The normalized spacial score (nSPS) is 23.5. The Morgan fingerprint density at radius 1 is 1.33 bits per heavy atom. The van der Waals surface area contributed by atoms with E-state index in [4.69, 9.17) is 4.74 Å². The largest absolute Gasteiger partial charge is 0.449 e. The minimum Gasteiger partial charge on any atom is -0.449 e. The van der Waals surface area contributed by atoms with Crippen LogP contribution in [-0.2, 0) is 16.1 Å². The van der Waals surface area contributed by atoms with E-state index in [0.717, 1.165) is 18.5 Å². The quantitative estimate of drug-likeness (QED) is 0.849. The molecule has 2 unspecified atom stereocenters. The molecule has 0 saturated carbocycles. The molecule has 130 valence electrons. The monoisotopic (exact) mass is 331 g/mol. The maximum Gasteiger partial charge on any atom is 0.409 e. The Bertz CT molecular complexity index is 590. The van der Waals surface area contributed by atoms with Crippen LogP contribution in [0.1, 0.15) is 32.4 Å². The van der Waals surface area contributed by atoms with Crippen molar-refractivity contribution in [2.75, 3.05) is 19.7 Å². The summed E-state index contributed by atoms with van der Waals surface area (Å²) in [6.45, 7) is 5.96. The fraction of sp³-hybridized carbons (Fsp3) is 0.611. The molecule has 0 radical (unpaired) electrons. The highest BCUT2D eigenvalue weighted by Crippen LogP contribution is 2.30. The van der Waals surface area contributed by atoms with Crippen LogP contribution in [-0.4, -0.2) is 52.5 Å². The molecule has 0 aliphatic carbocycles. The summed E-state index contributed by atoms with van der Waals surface area (Å²) in [5, 5.41) is 0. The molecular formula is C18H25N3O3. The first-order chi connectivity index (χ1) is 11.5. The van der Waals surface area contributed by atoms with Crippen molar-refractivity contribution in [2.24, 2.45) is 11.8 Å². The van der Waals surface area contributed by atoms with Gasteiger partial charge in [0.2, 0.25) is 5.91 Å². The molecular weight excluding hydrogens is 306 g/mol. The van der Waals surface area contributed by atoms with Crippen molar-refractivity contribution in [1.82, 2.24) is 14.8 Å². The summed E-state index contributed by atoms with van der Waals surface area (Å²) in [5.74, 6) is 0.315. The van der Waals surface area contributed by atoms with E-state index in [2.05, 4.69) is 4.98 Å². The van der Waals surface area contributed by atoms with Crippen molar-refractivity contribution in [3.05, 3.63) is 30.1 Å². The molecule has 24 heavy (non-hydrogen) atoms. The average Bonchev–Trinajstić information content (AvgIpc) is 2.86. The number of carbonyl (C=O) groups excluding carboxylic acids is 2. The molecule has 2 amide bonds. The van der Waals surface area contributed by atoms with Crippen LogP contribution in [0.3, 0.4) is 0 Å². The van der Waals surface area contributed by atoms with Crippen LogP contribution in [0.25, 0.3) is 0 Å². The van der Waals surface area contributed by atoms with Crippen LogP contribution < -0.4 is 0 Å². The Morgan fingerprint density at radius 3 is 2.88 bits per heavy atom. The van der Waals surface area contributed by atoms with Gasteiger partial charge in [-0.25, -0.2) is 4.79 Å². The summed E-state index contributed by atoms with van der Waals surface area (Å²) in [4.78, 5) is 33.0. The molecule has 0 N–H and O–H groups in total. The van der Waals surface area contributed by atoms with Crippen molar-refractivity contribution in [1.29, 1.82) is 0 Å². The zero-order valence-electron chi connectivity index (χ0n) is 14.4. The Kier molecular flexibility index (Phi) is 5.02. The molecule has 1 aromatic rings. The molecule has 3 saturated heterocycles. The van der Waals surface area contributed by atoms with E-state index in [-0.39, 0.29) is 24.0 Å². The topological polar surface area (TPSA) is 62.7 Å². The van der Waals surface area contributed by atoms with Gasteiger partial charge in [0.15, 0.2) is 0 Å². The third-order valence-corrected chi connectivity index (χ3v) is 4.65. The zero-order valence-corrected chi connectivity index (χ0v) is 14.4. The SMILES string of the molecule is CC(C)COC(=O)N1CC2CCC(C1)N(Cc1ccccn1)C2=O. The predicted molar refractivity (Wildman–Crippen MR) is 89.1 cm³/mol. The molecule has 3 aliphatic heterocycles. The molecule has 4 rings (SSSR count). The lowest BCUT2D eigenvalue weighted by molar-refractivity contribution is -0.140. The van der Waals surface area contributed by atoms with Gasteiger partial charge in [-0.15, -0.1) is 0 Å². The molecule has 1 aromatic heterocycles. The highest BCUT2D eigenvalue weighted by Gasteiger charge is 2.42. The van der Waals surface area contributed by atoms with E-state index in [9.17, 15) is 9.59 Å². The molecule has 6 heteroatoms. The number of aromatic nitrogens is 1. The van der Waals surface area contributed by atoms with Crippen LogP contribution >= 0.6 is 0 Å². The second-order valence-corrected chi connectivity index (χ2v) is 7.09. The summed E-state index contributed by atoms with van der Waals surface area (Å²) >= 11 is 0. The molecule has 2 bridgehead atoms. The Hall–Kier alpha value is -2.11. The van der Waals surface area contributed by atoms with Gasteiger partial charge in [0.1, 0.15) is 0 Å². The molecule has 3 aliphatic rings. The first-order valence-electron chi connectivity index (χ1n) is 8.66. The number of carbonyl (C=O) groups is 2. The number of hydrogen-bond donors (Lipinski definition) is 0. The standard InChI is InChI=1S/C18H25N3O3/c1-13(2)12-24-18(23)20-9-14-6-7-16(11-20)21(17(14)22)10-15-5-3-4-8-19-15/h3-5,8,13-14,16H,6-7,9-12H2,1-2H3. The number of ether oxygens (including phenoxy) is 1. The van der Waals surface area contributed by atoms with Crippen LogP contribution in [0.4, 0.5) is 4.79 Å². The van der Waals surface area contributed by atoms with Crippen LogP contribution in [0.5, 0.6) is 0 Å². The van der Waals surface area contributed by atoms with Gasteiger partial charge in [-0.1, -0.05) is 19.9 Å². The number of rotatable bonds is 4. The minimum absolute atomic E-state index is 0.0462. The number of fused-ring (bicyclic) bond motifs is 4. The van der Waals surface area contributed by atoms with Gasteiger partial charge in [0, 0.05) is 25.3 Å². The van der Waals surface area contributed by atoms with Crippen LogP contribution in [0.2, 0.25) is 0 Å². The molecule has 3 fully saturated rings. The maximum absolute atomic E-state index is 12.8. The van der Waals surface area contributed by atoms with E-state index in [1.54, 1.807) is 11.1 Å². The summed E-state index contributed by atoms with van der Waals surface area (Å²) in [5.41, 5.74) is 0.882. The number of amides is 2. The van der Waals surface area contributed by atoms with Crippen LogP contribution in [0, 0.1) is 11.8 Å². The minimum atomic E-state index is -0.298. The predicted octanol–water partition coefficient (Wildman–Crippen LogP) is 2.30. The van der Waals surface area contributed by atoms with Gasteiger partial charge >= 0.3 is 6.09 Å². The van der Waals surface area contributed by atoms with Gasteiger partial charge in [0.05, 0.1) is 24.8 Å². The van der Waals surface area contributed by atoms with Crippen molar-refractivity contribution in [2.45, 2.75) is 39.3 Å². The first-order valence-corrected chi connectivity index (χ1v) is 8.66. The Labute approximate surface area is 142 Å². The van der Waals surface area contributed by atoms with Crippen molar-refractivity contribution in [3.8, 4) is 0 Å². The van der Waals surface area contributed by atoms with Crippen molar-refractivity contribution < 1.29 is 14.3 Å². The van der Waals surface area contributed by atoms with Gasteiger partial charge in [-0.3, -0.25) is 9.78 Å². The van der Waals surface area contributed by atoms with Gasteiger partial charge < -0.3 is 14.5 Å². The fourth-order valence-corrected chi connectivity index (χ4v) is 3.39. The third kappa shape index (κ3) is 3.68. The van der Waals surface area contributed by atoms with Gasteiger partial charge in [0.25, 0.3) is 0 Å². The van der Waals surface area contributed by atoms with Crippen molar-refractivity contribution >= 4 is 12.0 Å². The van der Waals surface area contributed by atoms with Crippen LogP contribution in [0.15, 0.2) is 24.4 Å². The number of hydrogen-bond acceptors (Lipinski definition) is 4. The van der Waals surface area contributed by atoms with E-state index >= 15 is 0 Å². The smallest absolute Gasteiger partial charge is 0.409 e. The fourth-order valence-electron chi connectivity index (χ4n) is 3.39. The molecule has 0 spiro atoms. The summed E-state index contributed by atoms with van der Waals surface area (Å²) < 4.78 is 5.36. The highest BCUT2D eigenvalue weighted by atomic mass is 16.6. The number of pyridine rings is 1. The summed E-state index contributed by atoms with van der Waals surface area (Å²) in [6.07, 6.45) is 3.21. The lowest BCUT2D eigenvalue weighted by atomic mass is 9.94. The molecule has 4 heterocycles. The van der Waals surface area contributed by atoms with E-state index < -0.39 is 0 Å². The maximum atomic E-state index is 12.8. The second-order valence-electron chi connectivity index (χ2n) is 7.09. The lowest BCUT2D eigenvalue weighted by Crippen LogP contribution is -2.47. The molecule has 2 atom stereocenters. The first kappa shape index (κ1) is 16.7. The van der Waals surface area contributed by atoms with Crippen molar-refractivity contribution in [3.63, 3.8) is 0 Å². The summed E-state index contributed by atoms with van der Waals surface area (Å²) in [7, 11) is 0.